The fraction of sp³-hybridized carbons (Fsp3) is 0.857. The van der Waals surface area contributed by atoms with E-state index in [0.29, 0.717) is 0 Å². The second-order valence-electron chi connectivity index (χ2n) is 4.69. The van der Waals surface area contributed by atoms with Crippen LogP contribution in [-0.4, -0.2) is 12.6 Å². The first-order chi connectivity index (χ1) is 7.81. The summed E-state index contributed by atoms with van der Waals surface area (Å²) in [6.07, 6.45) is 13.7. The molecule has 2 nitrogen and oxygen atoms in total. The Labute approximate surface area is 99.8 Å². The topological polar surface area (TPSA) is 34.1 Å². The zero-order valence-electron chi connectivity index (χ0n) is 10.6. The lowest BCUT2D eigenvalue weighted by Crippen LogP contribution is -1.94. The normalized spacial score (nSPS) is 12.3. The van der Waals surface area contributed by atoms with Crippen molar-refractivity contribution >= 4 is 12.6 Å². The molecule has 0 aliphatic rings. The molecule has 0 heterocycles. The van der Waals surface area contributed by atoms with Crippen molar-refractivity contribution < 1.29 is 9.59 Å². The highest BCUT2D eigenvalue weighted by molar-refractivity contribution is 5.52. The Morgan fingerprint density at radius 3 is 1.81 bits per heavy atom. The number of carbonyl (C=O) groups excluding carboxylic acids is 2. The lowest BCUT2D eigenvalue weighted by atomic mass is 10.0. The molecule has 0 aromatic carbocycles. The Kier molecular flexibility index (Phi) is 11.9. The van der Waals surface area contributed by atoms with Gasteiger partial charge in [-0.15, -0.1) is 0 Å². The lowest BCUT2D eigenvalue weighted by Gasteiger charge is -2.03. The molecule has 0 aromatic rings. The summed E-state index contributed by atoms with van der Waals surface area (Å²) in [5.41, 5.74) is 0. The Balaban J connectivity index is 2.98. The third kappa shape index (κ3) is 11.4. The quantitative estimate of drug-likeness (QED) is 0.373. The van der Waals surface area contributed by atoms with Crippen LogP contribution in [0.5, 0.6) is 0 Å². The van der Waals surface area contributed by atoms with Crippen molar-refractivity contribution in [3.63, 3.8) is 0 Å². The van der Waals surface area contributed by atoms with Crippen LogP contribution in [0.3, 0.4) is 0 Å². The average molecular weight is 226 g/mol. The summed E-state index contributed by atoms with van der Waals surface area (Å²) in [6.45, 7) is 1.99. The van der Waals surface area contributed by atoms with Crippen molar-refractivity contribution in [1.29, 1.82) is 0 Å². The summed E-state index contributed by atoms with van der Waals surface area (Å²) >= 11 is 0. The molecule has 2 heteroatoms. The average Bonchev–Trinajstić information content (AvgIpc) is 2.31. The van der Waals surface area contributed by atoms with Crippen LogP contribution in [-0.2, 0) is 9.59 Å². The van der Waals surface area contributed by atoms with Crippen LogP contribution in [0.2, 0.25) is 0 Å². The van der Waals surface area contributed by atoms with Crippen molar-refractivity contribution in [2.75, 3.05) is 0 Å². The second-order valence-corrected chi connectivity index (χ2v) is 4.69. The first kappa shape index (κ1) is 15.3. The fourth-order valence-electron chi connectivity index (χ4n) is 1.82. The van der Waals surface area contributed by atoms with Gasteiger partial charge >= 0.3 is 0 Å². The Morgan fingerprint density at radius 2 is 1.31 bits per heavy atom. The zero-order chi connectivity index (χ0) is 12.1. The highest BCUT2D eigenvalue weighted by atomic mass is 16.1. The molecule has 1 atom stereocenters. The largest absolute Gasteiger partial charge is 0.303 e. The molecule has 0 fully saturated rings. The van der Waals surface area contributed by atoms with E-state index in [1.165, 1.54) is 44.9 Å². The van der Waals surface area contributed by atoms with E-state index in [-0.39, 0.29) is 5.92 Å². The number of aldehydes is 2. The van der Waals surface area contributed by atoms with Gasteiger partial charge in [0, 0.05) is 12.3 Å². The van der Waals surface area contributed by atoms with Crippen molar-refractivity contribution in [2.24, 2.45) is 5.92 Å². The van der Waals surface area contributed by atoms with Gasteiger partial charge in [-0.3, -0.25) is 0 Å². The fourth-order valence-corrected chi connectivity index (χ4v) is 1.82. The van der Waals surface area contributed by atoms with Gasteiger partial charge in [-0.1, -0.05) is 51.9 Å². The van der Waals surface area contributed by atoms with Gasteiger partial charge in [0.05, 0.1) is 0 Å². The SMILES string of the molecule is CC(C=O)CCCCCCCCCCC=O. The molecule has 0 aliphatic carbocycles. The molecule has 94 valence electrons. The monoisotopic (exact) mass is 226 g/mol. The van der Waals surface area contributed by atoms with Crippen LogP contribution >= 0.6 is 0 Å². The van der Waals surface area contributed by atoms with Crippen LogP contribution in [0.15, 0.2) is 0 Å². The molecule has 0 radical (unpaired) electrons. The highest BCUT2D eigenvalue weighted by Gasteiger charge is 1.98. The minimum absolute atomic E-state index is 0.239. The van der Waals surface area contributed by atoms with Gasteiger partial charge < -0.3 is 9.59 Å². The van der Waals surface area contributed by atoms with E-state index < -0.39 is 0 Å². The molecular formula is C14H26O2. The minimum atomic E-state index is 0.239. The number of carbonyl (C=O) groups is 2. The van der Waals surface area contributed by atoms with Gasteiger partial charge in [-0.05, 0) is 12.8 Å². The molecular weight excluding hydrogens is 200 g/mol. The first-order valence-corrected chi connectivity index (χ1v) is 6.70. The third-order valence-corrected chi connectivity index (χ3v) is 2.96. The van der Waals surface area contributed by atoms with Gasteiger partial charge in [0.2, 0.25) is 0 Å². The molecule has 0 bridgehead atoms. The maximum Gasteiger partial charge on any atom is 0.122 e. The minimum Gasteiger partial charge on any atom is -0.303 e. The number of unbranched alkanes of at least 4 members (excludes halogenated alkanes) is 8. The highest BCUT2D eigenvalue weighted by Crippen LogP contribution is 2.12. The predicted octanol–water partition coefficient (Wildman–Crippen LogP) is 3.92. The van der Waals surface area contributed by atoms with Crippen molar-refractivity contribution in [2.45, 2.75) is 71.1 Å². The maximum atomic E-state index is 10.4. The Morgan fingerprint density at radius 1 is 0.812 bits per heavy atom. The summed E-state index contributed by atoms with van der Waals surface area (Å²) in [5, 5.41) is 0. The van der Waals surface area contributed by atoms with Crippen LogP contribution in [0.4, 0.5) is 0 Å². The molecule has 0 rings (SSSR count). The molecule has 0 amide bonds. The predicted molar refractivity (Wildman–Crippen MR) is 67.5 cm³/mol. The number of hydrogen-bond acceptors (Lipinski definition) is 2. The summed E-state index contributed by atoms with van der Waals surface area (Å²) in [4.78, 5) is 20.4. The smallest absolute Gasteiger partial charge is 0.122 e. The van der Waals surface area contributed by atoms with Crippen LogP contribution in [0.25, 0.3) is 0 Å². The molecule has 0 saturated heterocycles. The van der Waals surface area contributed by atoms with E-state index in [1.807, 2.05) is 6.92 Å². The lowest BCUT2D eigenvalue weighted by molar-refractivity contribution is -0.111. The molecule has 0 aliphatic heterocycles. The molecule has 0 aromatic heterocycles. The van der Waals surface area contributed by atoms with E-state index in [9.17, 15) is 9.59 Å². The third-order valence-electron chi connectivity index (χ3n) is 2.96. The number of hydrogen-bond donors (Lipinski definition) is 0. The van der Waals surface area contributed by atoms with Gasteiger partial charge in [-0.25, -0.2) is 0 Å². The summed E-state index contributed by atoms with van der Waals surface area (Å²) < 4.78 is 0. The Hall–Kier alpha value is -0.660. The zero-order valence-corrected chi connectivity index (χ0v) is 10.6. The van der Waals surface area contributed by atoms with Crippen LogP contribution < -0.4 is 0 Å². The van der Waals surface area contributed by atoms with Crippen LogP contribution in [0, 0.1) is 5.92 Å². The molecule has 0 saturated carbocycles. The standard InChI is InChI=1S/C14H26O2/c1-14(13-16)11-9-7-5-3-2-4-6-8-10-12-15/h12-14H,2-11H2,1H3. The van der Waals surface area contributed by atoms with Gasteiger partial charge in [0.1, 0.15) is 12.6 Å². The van der Waals surface area contributed by atoms with E-state index in [2.05, 4.69) is 0 Å². The molecule has 1 unspecified atom stereocenters. The number of rotatable bonds is 12. The van der Waals surface area contributed by atoms with Crippen molar-refractivity contribution in [3.8, 4) is 0 Å². The van der Waals surface area contributed by atoms with E-state index in [0.717, 1.165) is 31.8 Å². The van der Waals surface area contributed by atoms with E-state index in [1.54, 1.807) is 0 Å². The Bertz CT molecular complexity index is 166. The first-order valence-electron chi connectivity index (χ1n) is 6.70. The van der Waals surface area contributed by atoms with Crippen LogP contribution in [0.1, 0.15) is 71.1 Å². The summed E-state index contributed by atoms with van der Waals surface area (Å²) in [6, 6.07) is 0. The van der Waals surface area contributed by atoms with Gasteiger partial charge in [-0.2, -0.15) is 0 Å². The molecule has 0 spiro atoms. The van der Waals surface area contributed by atoms with Gasteiger partial charge in [0.25, 0.3) is 0 Å². The summed E-state index contributed by atoms with van der Waals surface area (Å²) in [7, 11) is 0. The van der Waals surface area contributed by atoms with Crippen molar-refractivity contribution in [3.05, 3.63) is 0 Å². The molecule has 0 N–H and O–H groups in total. The van der Waals surface area contributed by atoms with Gasteiger partial charge in [0.15, 0.2) is 0 Å². The van der Waals surface area contributed by atoms with E-state index in [4.69, 9.17) is 0 Å². The maximum absolute atomic E-state index is 10.4. The molecule has 16 heavy (non-hydrogen) atoms. The second kappa shape index (κ2) is 12.4. The summed E-state index contributed by atoms with van der Waals surface area (Å²) in [5.74, 6) is 0.239. The van der Waals surface area contributed by atoms with E-state index >= 15 is 0 Å². The van der Waals surface area contributed by atoms with Crippen molar-refractivity contribution in [1.82, 2.24) is 0 Å².